The van der Waals surface area contributed by atoms with E-state index in [1.165, 1.54) is 4.31 Å². The Hall–Kier alpha value is -0.180. The number of hydrogen-bond donors (Lipinski definition) is 1. The highest BCUT2D eigenvalue weighted by molar-refractivity contribution is 8.06. The number of sulfone groups is 1. The van der Waals surface area contributed by atoms with Crippen molar-refractivity contribution in [3.8, 4) is 0 Å². The lowest BCUT2D eigenvalue weighted by Crippen LogP contribution is -2.36. The second-order valence-electron chi connectivity index (χ2n) is 3.79. The van der Waals surface area contributed by atoms with E-state index in [1.807, 2.05) is 0 Å². The van der Waals surface area contributed by atoms with Gasteiger partial charge in [0.15, 0.2) is 14.9 Å². The van der Waals surface area contributed by atoms with Crippen LogP contribution in [0.2, 0.25) is 0 Å². The molecule has 0 aliphatic carbocycles. The zero-order valence-electron chi connectivity index (χ0n) is 8.80. The second-order valence-corrected chi connectivity index (χ2v) is 8.26. The van der Waals surface area contributed by atoms with Gasteiger partial charge in [-0.1, -0.05) is 0 Å². The summed E-state index contributed by atoms with van der Waals surface area (Å²) in [5.41, 5.74) is 0. The van der Waals surface area contributed by atoms with Gasteiger partial charge >= 0.3 is 0 Å². The summed E-state index contributed by atoms with van der Waals surface area (Å²) in [6, 6.07) is 0.124. The number of rotatable bonds is 4. The van der Waals surface area contributed by atoms with E-state index in [4.69, 9.17) is 0 Å². The predicted octanol–water partition coefficient (Wildman–Crippen LogP) is -1.39. The average Bonchev–Trinajstić information content (AvgIpc) is 2.47. The summed E-state index contributed by atoms with van der Waals surface area (Å²) in [7, 11) is -5.39. The van der Waals surface area contributed by atoms with E-state index >= 15 is 0 Å². The molecule has 90 valence electrons. The van der Waals surface area contributed by atoms with Crippen molar-refractivity contribution in [2.45, 2.75) is 12.5 Å². The summed E-state index contributed by atoms with van der Waals surface area (Å²) in [4.78, 5) is 0. The molecule has 1 unspecified atom stereocenters. The van der Waals surface area contributed by atoms with E-state index in [9.17, 15) is 16.8 Å². The maximum Gasteiger partial charge on any atom is 0.228 e. The van der Waals surface area contributed by atoms with Gasteiger partial charge in [-0.15, -0.1) is 0 Å². The summed E-state index contributed by atoms with van der Waals surface area (Å²) in [6.07, 6.45) is 1.65. The number of hydrogen-bond acceptors (Lipinski definition) is 5. The number of sulfonamides is 1. The van der Waals surface area contributed by atoms with Gasteiger partial charge < -0.3 is 5.32 Å². The maximum atomic E-state index is 11.6. The summed E-state index contributed by atoms with van der Waals surface area (Å²) >= 11 is 0. The van der Waals surface area contributed by atoms with E-state index in [2.05, 4.69) is 5.32 Å². The van der Waals surface area contributed by atoms with Crippen LogP contribution in [0.3, 0.4) is 0 Å². The van der Waals surface area contributed by atoms with Crippen LogP contribution >= 0.6 is 0 Å². The Kier molecular flexibility index (Phi) is 3.75. The van der Waals surface area contributed by atoms with Crippen molar-refractivity contribution in [3.63, 3.8) is 0 Å². The van der Waals surface area contributed by atoms with Crippen LogP contribution in [0.15, 0.2) is 0 Å². The van der Waals surface area contributed by atoms with Crippen LogP contribution in [0.25, 0.3) is 0 Å². The van der Waals surface area contributed by atoms with E-state index in [1.54, 1.807) is 7.05 Å². The molecule has 1 atom stereocenters. The van der Waals surface area contributed by atoms with Crippen molar-refractivity contribution in [2.75, 3.05) is 31.5 Å². The highest BCUT2D eigenvalue weighted by Gasteiger charge is 2.32. The molecule has 1 N–H and O–H groups in total. The van der Waals surface area contributed by atoms with Gasteiger partial charge in [0.05, 0.1) is 0 Å². The molecule has 1 saturated heterocycles. The molecule has 1 heterocycles. The Morgan fingerprint density at radius 2 is 1.93 bits per heavy atom. The fourth-order valence-electron chi connectivity index (χ4n) is 1.56. The van der Waals surface area contributed by atoms with Gasteiger partial charge in [0.1, 0.15) is 0 Å². The predicted molar refractivity (Wildman–Crippen MR) is 57.7 cm³/mol. The van der Waals surface area contributed by atoms with E-state index < -0.39 is 24.9 Å². The molecule has 15 heavy (non-hydrogen) atoms. The SMILES string of the molecule is CNC1CCN(S(=O)(=O)CS(C)(=O)=O)C1. The molecule has 0 aromatic rings. The summed E-state index contributed by atoms with van der Waals surface area (Å²) in [5.74, 6) is 0. The third kappa shape index (κ3) is 3.71. The largest absolute Gasteiger partial charge is 0.316 e. The van der Waals surface area contributed by atoms with Gasteiger partial charge in [-0.2, -0.15) is 4.31 Å². The van der Waals surface area contributed by atoms with Gasteiger partial charge in [0.2, 0.25) is 10.0 Å². The van der Waals surface area contributed by atoms with Crippen molar-refractivity contribution < 1.29 is 16.8 Å². The van der Waals surface area contributed by atoms with Crippen molar-refractivity contribution in [1.82, 2.24) is 9.62 Å². The van der Waals surface area contributed by atoms with Crippen molar-refractivity contribution >= 4 is 19.9 Å². The lowest BCUT2D eigenvalue weighted by molar-refractivity contribution is 0.467. The third-order valence-corrected chi connectivity index (χ3v) is 6.34. The van der Waals surface area contributed by atoms with E-state index in [0.717, 1.165) is 12.7 Å². The fourth-order valence-corrected chi connectivity index (χ4v) is 5.11. The highest BCUT2D eigenvalue weighted by atomic mass is 32.3. The van der Waals surface area contributed by atoms with Crippen LogP contribution in [0, 0.1) is 0 Å². The first-order valence-corrected chi connectivity index (χ1v) is 8.24. The Morgan fingerprint density at radius 3 is 2.33 bits per heavy atom. The average molecular weight is 256 g/mol. The van der Waals surface area contributed by atoms with Gasteiger partial charge in [-0.25, -0.2) is 16.8 Å². The highest BCUT2D eigenvalue weighted by Crippen LogP contribution is 2.14. The third-order valence-electron chi connectivity index (χ3n) is 2.32. The monoisotopic (exact) mass is 256 g/mol. The molecule has 0 radical (unpaired) electrons. The minimum Gasteiger partial charge on any atom is -0.316 e. The number of nitrogens with one attached hydrogen (secondary N) is 1. The van der Waals surface area contributed by atoms with Gasteiger partial charge in [-0.05, 0) is 13.5 Å². The van der Waals surface area contributed by atoms with Crippen LogP contribution in [0.1, 0.15) is 6.42 Å². The Morgan fingerprint density at radius 1 is 1.33 bits per heavy atom. The molecule has 0 aromatic carbocycles. The van der Waals surface area contributed by atoms with Gasteiger partial charge in [0.25, 0.3) is 0 Å². The molecular weight excluding hydrogens is 240 g/mol. The molecule has 0 amide bonds. The lowest BCUT2D eigenvalue weighted by Gasteiger charge is -2.15. The van der Waals surface area contributed by atoms with Crippen LogP contribution in [-0.4, -0.2) is 58.7 Å². The number of likely N-dealkylation sites (N-methyl/N-ethyl adjacent to an activating group) is 1. The molecular formula is C7H16N2O4S2. The van der Waals surface area contributed by atoms with Crippen molar-refractivity contribution in [1.29, 1.82) is 0 Å². The summed E-state index contributed by atoms with van der Waals surface area (Å²) in [5, 5.41) is 2.18. The van der Waals surface area contributed by atoms with E-state index in [0.29, 0.717) is 13.1 Å². The topological polar surface area (TPSA) is 83.6 Å². The molecule has 1 aliphatic rings. The minimum absolute atomic E-state index is 0.124. The zero-order valence-corrected chi connectivity index (χ0v) is 10.4. The molecule has 0 bridgehead atoms. The maximum absolute atomic E-state index is 11.6. The second kappa shape index (κ2) is 4.36. The van der Waals surface area contributed by atoms with Crippen LogP contribution in [0.5, 0.6) is 0 Å². The molecule has 0 spiro atoms. The van der Waals surface area contributed by atoms with Crippen LogP contribution < -0.4 is 5.32 Å². The zero-order chi connectivity index (χ0) is 11.7. The van der Waals surface area contributed by atoms with Crippen molar-refractivity contribution in [3.05, 3.63) is 0 Å². The molecule has 0 aromatic heterocycles. The molecule has 8 heteroatoms. The molecule has 0 saturated carbocycles. The molecule has 1 rings (SSSR count). The Labute approximate surface area is 90.6 Å². The molecule has 1 aliphatic heterocycles. The van der Waals surface area contributed by atoms with E-state index in [-0.39, 0.29) is 6.04 Å². The first kappa shape index (κ1) is 12.9. The minimum atomic E-state index is -3.66. The quantitative estimate of drug-likeness (QED) is 0.669. The van der Waals surface area contributed by atoms with Crippen LogP contribution in [-0.2, 0) is 19.9 Å². The van der Waals surface area contributed by atoms with Gasteiger partial charge in [0, 0.05) is 25.4 Å². The fraction of sp³-hybridized carbons (Fsp3) is 1.00. The first-order chi connectivity index (χ1) is 6.74. The van der Waals surface area contributed by atoms with Crippen molar-refractivity contribution in [2.24, 2.45) is 0 Å². The van der Waals surface area contributed by atoms with Crippen LogP contribution in [0.4, 0.5) is 0 Å². The Balaban J connectivity index is 2.73. The lowest BCUT2D eigenvalue weighted by atomic mass is 10.3. The summed E-state index contributed by atoms with van der Waals surface area (Å²) in [6.45, 7) is 0.748. The first-order valence-electron chi connectivity index (χ1n) is 4.57. The smallest absolute Gasteiger partial charge is 0.228 e. The summed E-state index contributed by atoms with van der Waals surface area (Å²) < 4.78 is 46.4. The molecule has 6 nitrogen and oxygen atoms in total. The van der Waals surface area contributed by atoms with Gasteiger partial charge in [-0.3, -0.25) is 0 Å². The normalized spacial score (nSPS) is 24.5. The Bertz CT molecular complexity index is 414. The standard InChI is InChI=1S/C7H16N2O4S2/c1-8-7-3-4-9(5-7)15(12,13)6-14(2,10)11/h7-8H,3-6H2,1-2H3. The molecule has 1 fully saturated rings. The number of nitrogens with zero attached hydrogens (tertiary/aromatic N) is 1.